The first-order valence-electron chi connectivity index (χ1n) is 8.44. The van der Waals surface area contributed by atoms with Crippen molar-refractivity contribution >= 4 is 39.3 Å². The van der Waals surface area contributed by atoms with Gasteiger partial charge in [-0.15, -0.1) is 0 Å². The molecule has 0 aliphatic carbocycles. The van der Waals surface area contributed by atoms with Crippen LogP contribution in [0.1, 0.15) is 11.7 Å². The number of hydrogen-bond acceptors (Lipinski definition) is 4. The van der Waals surface area contributed by atoms with Gasteiger partial charge in [0.1, 0.15) is 0 Å². The molecule has 0 saturated carbocycles. The summed E-state index contributed by atoms with van der Waals surface area (Å²) in [5.41, 5.74) is 1.67. The zero-order valence-electron chi connectivity index (χ0n) is 14.4. The zero-order chi connectivity index (χ0) is 19.2. The first-order valence-corrected chi connectivity index (χ1v) is 10.1. The van der Waals surface area contributed by atoms with E-state index in [0.717, 1.165) is 10.0 Å². The van der Waals surface area contributed by atoms with Crippen LogP contribution >= 0.6 is 27.7 Å². The summed E-state index contributed by atoms with van der Waals surface area (Å²) in [6.45, 7) is 2.14. The molecule has 1 unspecified atom stereocenters. The fraction of sp³-hybridized carbons (Fsp3) is 0.316. The highest BCUT2D eigenvalue weighted by Gasteiger charge is 2.23. The van der Waals surface area contributed by atoms with Crippen molar-refractivity contribution in [3.63, 3.8) is 0 Å². The molecule has 0 radical (unpaired) electrons. The zero-order valence-corrected chi connectivity index (χ0v) is 16.8. The Bertz CT molecular complexity index is 759. The van der Waals surface area contributed by atoms with Crippen molar-refractivity contribution < 1.29 is 18.3 Å². The number of ether oxygens (including phenoxy) is 1. The molecule has 0 spiro atoms. The number of alkyl halides is 2. The highest BCUT2D eigenvalue weighted by molar-refractivity contribution is 9.10. The fourth-order valence-electron chi connectivity index (χ4n) is 2.85. The van der Waals surface area contributed by atoms with Gasteiger partial charge in [0.05, 0.1) is 19.3 Å². The number of anilines is 1. The monoisotopic (exact) mass is 456 g/mol. The van der Waals surface area contributed by atoms with Crippen LogP contribution in [-0.2, 0) is 9.53 Å². The molecule has 2 aromatic rings. The maximum atomic E-state index is 12.3. The van der Waals surface area contributed by atoms with Crippen LogP contribution in [0, 0.1) is 0 Å². The molecular weight excluding hydrogens is 438 g/mol. The van der Waals surface area contributed by atoms with E-state index in [1.165, 1.54) is 0 Å². The average Bonchev–Trinajstić information content (AvgIpc) is 2.64. The minimum absolute atomic E-state index is 0.0645. The molecule has 0 bridgehead atoms. The van der Waals surface area contributed by atoms with E-state index < -0.39 is 5.76 Å². The number of amides is 1. The lowest BCUT2D eigenvalue weighted by atomic mass is 10.1. The normalized spacial score (nSPS) is 17.9. The van der Waals surface area contributed by atoms with Crippen LogP contribution in [-0.4, -0.2) is 42.8 Å². The SMILES string of the molecule is O=C(CN1CCOC(c2ccc(Br)cc2)C1)Nc1ccc(SC(F)F)cc1. The number of carbonyl (C=O) groups is 1. The van der Waals surface area contributed by atoms with Crippen LogP contribution in [0.5, 0.6) is 0 Å². The smallest absolute Gasteiger partial charge is 0.288 e. The van der Waals surface area contributed by atoms with Gasteiger partial charge in [-0.1, -0.05) is 39.8 Å². The second-order valence-corrected chi connectivity index (χ2v) is 8.08. The van der Waals surface area contributed by atoms with E-state index in [2.05, 4.69) is 21.2 Å². The quantitative estimate of drug-likeness (QED) is 0.635. The van der Waals surface area contributed by atoms with E-state index in [-0.39, 0.29) is 18.6 Å². The van der Waals surface area contributed by atoms with Crippen molar-refractivity contribution in [2.45, 2.75) is 16.8 Å². The van der Waals surface area contributed by atoms with Gasteiger partial charge in [0.15, 0.2) is 0 Å². The van der Waals surface area contributed by atoms with Crippen molar-refractivity contribution in [2.24, 2.45) is 0 Å². The van der Waals surface area contributed by atoms with E-state index in [1.54, 1.807) is 24.3 Å². The number of hydrogen-bond donors (Lipinski definition) is 1. The van der Waals surface area contributed by atoms with Crippen molar-refractivity contribution in [1.29, 1.82) is 0 Å². The number of thioether (sulfide) groups is 1. The third-order valence-electron chi connectivity index (χ3n) is 4.12. The minimum atomic E-state index is -2.45. The number of rotatable bonds is 6. The number of benzene rings is 2. The van der Waals surface area contributed by atoms with Crippen LogP contribution in [0.25, 0.3) is 0 Å². The molecule has 4 nitrogen and oxygen atoms in total. The van der Waals surface area contributed by atoms with E-state index in [4.69, 9.17) is 4.74 Å². The van der Waals surface area contributed by atoms with Crippen LogP contribution in [0.15, 0.2) is 57.9 Å². The van der Waals surface area contributed by atoms with Gasteiger partial charge < -0.3 is 10.1 Å². The van der Waals surface area contributed by atoms with Crippen LogP contribution in [0.4, 0.5) is 14.5 Å². The Balaban J connectivity index is 1.52. The lowest BCUT2D eigenvalue weighted by Gasteiger charge is -2.32. The lowest BCUT2D eigenvalue weighted by molar-refractivity contribution is -0.119. The second kappa shape index (κ2) is 9.64. The van der Waals surface area contributed by atoms with Gasteiger partial charge in [-0.05, 0) is 42.0 Å². The Hall–Kier alpha value is -1.48. The third-order valence-corrected chi connectivity index (χ3v) is 5.37. The third kappa shape index (κ3) is 6.27. The summed E-state index contributed by atoms with van der Waals surface area (Å²) in [6.07, 6.45) is -0.0645. The van der Waals surface area contributed by atoms with Gasteiger partial charge in [0, 0.05) is 28.1 Å². The molecule has 3 rings (SSSR count). The highest BCUT2D eigenvalue weighted by atomic mass is 79.9. The molecule has 1 aliphatic heterocycles. The molecule has 1 aliphatic rings. The van der Waals surface area contributed by atoms with Crippen LogP contribution in [0.2, 0.25) is 0 Å². The maximum Gasteiger partial charge on any atom is 0.288 e. The predicted molar refractivity (Wildman–Crippen MR) is 106 cm³/mol. The molecule has 144 valence electrons. The van der Waals surface area contributed by atoms with E-state index in [0.29, 0.717) is 42.0 Å². The molecular formula is C19H19BrF2N2O2S. The Labute approximate surface area is 169 Å². The van der Waals surface area contributed by atoms with Gasteiger partial charge in [0.2, 0.25) is 5.91 Å². The van der Waals surface area contributed by atoms with E-state index >= 15 is 0 Å². The van der Waals surface area contributed by atoms with Gasteiger partial charge in [-0.25, -0.2) is 0 Å². The number of halogens is 3. The highest BCUT2D eigenvalue weighted by Crippen LogP contribution is 2.26. The molecule has 8 heteroatoms. The van der Waals surface area contributed by atoms with Crippen molar-refractivity contribution in [3.05, 3.63) is 58.6 Å². The Morgan fingerprint density at radius 1 is 1.22 bits per heavy atom. The number of nitrogens with one attached hydrogen (secondary N) is 1. The summed E-state index contributed by atoms with van der Waals surface area (Å²) in [4.78, 5) is 14.8. The Morgan fingerprint density at radius 3 is 2.59 bits per heavy atom. The largest absolute Gasteiger partial charge is 0.371 e. The summed E-state index contributed by atoms with van der Waals surface area (Å²) in [6, 6.07) is 14.4. The fourth-order valence-corrected chi connectivity index (χ4v) is 3.61. The van der Waals surface area contributed by atoms with Gasteiger partial charge in [0.25, 0.3) is 5.76 Å². The number of carbonyl (C=O) groups excluding carboxylic acids is 1. The van der Waals surface area contributed by atoms with Crippen molar-refractivity contribution in [3.8, 4) is 0 Å². The maximum absolute atomic E-state index is 12.3. The summed E-state index contributed by atoms with van der Waals surface area (Å²) >= 11 is 3.90. The van der Waals surface area contributed by atoms with Crippen molar-refractivity contribution in [1.82, 2.24) is 4.90 Å². The molecule has 1 fully saturated rings. The average molecular weight is 457 g/mol. The number of nitrogens with zero attached hydrogens (tertiary/aromatic N) is 1. The van der Waals surface area contributed by atoms with Gasteiger partial charge >= 0.3 is 0 Å². The number of morpholine rings is 1. The Morgan fingerprint density at radius 2 is 1.93 bits per heavy atom. The summed E-state index contributed by atoms with van der Waals surface area (Å²) in [7, 11) is 0. The molecule has 27 heavy (non-hydrogen) atoms. The van der Waals surface area contributed by atoms with E-state index in [1.807, 2.05) is 29.2 Å². The summed E-state index contributed by atoms with van der Waals surface area (Å²) in [5, 5.41) is 2.81. The Kier molecular flexibility index (Phi) is 7.23. The van der Waals surface area contributed by atoms with Gasteiger partial charge in [-0.2, -0.15) is 8.78 Å². The molecule has 1 amide bonds. The molecule has 0 aromatic heterocycles. The molecule has 1 saturated heterocycles. The van der Waals surface area contributed by atoms with Gasteiger partial charge in [-0.3, -0.25) is 9.69 Å². The topological polar surface area (TPSA) is 41.6 Å². The molecule has 1 N–H and O–H groups in total. The molecule has 1 atom stereocenters. The minimum Gasteiger partial charge on any atom is -0.371 e. The second-order valence-electron chi connectivity index (χ2n) is 6.10. The van der Waals surface area contributed by atoms with E-state index in [9.17, 15) is 13.6 Å². The summed E-state index contributed by atoms with van der Waals surface area (Å²) in [5.74, 6) is -2.59. The standard InChI is InChI=1S/C19H19BrF2N2O2S/c20-14-3-1-13(2-4-14)17-11-24(9-10-26-17)12-18(25)23-15-5-7-16(8-6-15)27-19(21)22/h1-8,17,19H,9-12H2,(H,23,25). The van der Waals surface area contributed by atoms with Crippen molar-refractivity contribution in [2.75, 3.05) is 31.6 Å². The van der Waals surface area contributed by atoms with Crippen LogP contribution < -0.4 is 5.32 Å². The molecule has 1 heterocycles. The predicted octanol–water partition coefficient (Wildman–Crippen LogP) is 4.78. The van der Waals surface area contributed by atoms with Crippen LogP contribution in [0.3, 0.4) is 0 Å². The lowest BCUT2D eigenvalue weighted by Crippen LogP contribution is -2.42. The molecule has 2 aromatic carbocycles. The first-order chi connectivity index (χ1) is 13.0. The summed E-state index contributed by atoms with van der Waals surface area (Å²) < 4.78 is 31.5. The first kappa shape index (κ1) is 20.3.